The lowest BCUT2D eigenvalue weighted by Gasteiger charge is -2.09. The molecule has 1 N–H and O–H groups in total. The zero-order valence-electron chi connectivity index (χ0n) is 13.8. The summed E-state index contributed by atoms with van der Waals surface area (Å²) in [5.41, 5.74) is 0.0917. The van der Waals surface area contributed by atoms with Crippen LogP contribution >= 0.6 is 0 Å². The largest absolute Gasteiger partial charge is 0.484 e. The van der Waals surface area contributed by atoms with Crippen LogP contribution in [0.15, 0.2) is 54.9 Å². The van der Waals surface area contributed by atoms with Crippen molar-refractivity contribution in [2.45, 2.75) is 0 Å². The van der Waals surface area contributed by atoms with Crippen LogP contribution in [0.2, 0.25) is 0 Å². The Morgan fingerprint density at radius 3 is 2.70 bits per heavy atom. The highest BCUT2D eigenvalue weighted by Crippen LogP contribution is 2.19. The standard InChI is InChI=1S/C17H12N6O4/c18-9-12-10-20-22(15-3-1-2-8-19-15)17(12)21-16(24)11-27-14-6-4-13(5-7-14)23(25)26/h1-8,10H,11H2,(H,21,24). The van der Waals surface area contributed by atoms with Crippen molar-refractivity contribution in [3.8, 4) is 17.6 Å². The highest BCUT2D eigenvalue weighted by molar-refractivity contribution is 5.92. The molecule has 3 aromatic rings. The summed E-state index contributed by atoms with van der Waals surface area (Å²) in [5.74, 6) is 0.385. The van der Waals surface area contributed by atoms with E-state index in [0.717, 1.165) is 0 Å². The van der Waals surface area contributed by atoms with Crippen molar-refractivity contribution in [1.29, 1.82) is 5.26 Å². The summed E-state index contributed by atoms with van der Waals surface area (Å²) in [6.45, 7) is -0.351. The second-order valence-corrected chi connectivity index (χ2v) is 5.21. The van der Waals surface area contributed by atoms with Crippen LogP contribution in [0.1, 0.15) is 5.56 Å². The van der Waals surface area contributed by atoms with E-state index < -0.39 is 10.8 Å². The first kappa shape index (κ1) is 17.6. The van der Waals surface area contributed by atoms with Crippen LogP contribution in [0.25, 0.3) is 5.82 Å². The number of hydrogen-bond acceptors (Lipinski definition) is 7. The van der Waals surface area contributed by atoms with E-state index in [1.54, 1.807) is 24.4 Å². The minimum atomic E-state index is -0.529. The molecule has 10 heteroatoms. The number of pyridine rings is 1. The molecule has 0 aliphatic heterocycles. The Kier molecular flexibility index (Phi) is 5.04. The highest BCUT2D eigenvalue weighted by atomic mass is 16.6. The van der Waals surface area contributed by atoms with Gasteiger partial charge in [0, 0.05) is 18.3 Å². The maximum Gasteiger partial charge on any atom is 0.269 e. The number of amides is 1. The lowest BCUT2D eigenvalue weighted by molar-refractivity contribution is -0.384. The van der Waals surface area contributed by atoms with Crippen molar-refractivity contribution in [2.75, 3.05) is 11.9 Å². The molecule has 0 aliphatic rings. The van der Waals surface area contributed by atoms with Crippen LogP contribution in [0.5, 0.6) is 5.75 Å². The van der Waals surface area contributed by atoms with Gasteiger partial charge in [-0.15, -0.1) is 0 Å². The second kappa shape index (κ2) is 7.75. The predicted octanol–water partition coefficient (Wildman–Crippen LogP) is 2.06. The Morgan fingerprint density at radius 2 is 2.07 bits per heavy atom. The van der Waals surface area contributed by atoms with Gasteiger partial charge < -0.3 is 10.1 Å². The highest BCUT2D eigenvalue weighted by Gasteiger charge is 2.16. The number of anilines is 1. The average Bonchev–Trinajstić information content (AvgIpc) is 3.10. The maximum absolute atomic E-state index is 12.2. The van der Waals surface area contributed by atoms with Gasteiger partial charge in [-0.2, -0.15) is 15.0 Å². The van der Waals surface area contributed by atoms with E-state index in [-0.39, 0.29) is 23.7 Å². The molecule has 1 aromatic carbocycles. The zero-order valence-corrected chi connectivity index (χ0v) is 13.8. The van der Waals surface area contributed by atoms with Crippen LogP contribution in [0.4, 0.5) is 11.5 Å². The van der Waals surface area contributed by atoms with Gasteiger partial charge in [0.25, 0.3) is 11.6 Å². The smallest absolute Gasteiger partial charge is 0.269 e. The van der Waals surface area contributed by atoms with Gasteiger partial charge in [0.2, 0.25) is 0 Å². The Hall–Kier alpha value is -4.26. The Balaban J connectivity index is 1.70. The Bertz CT molecular complexity index is 1010. The van der Waals surface area contributed by atoms with Crippen LogP contribution in [0, 0.1) is 21.4 Å². The molecule has 0 spiro atoms. The van der Waals surface area contributed by atoms with Crippen molar-refractivity contribution >= 4 is 17.4 Å². The number of non-ortho nitro benzene ring substituents is 1. The summed E-state index contributed by atoms with van der Waals surface area (Å²) in [4.78, 5) is 26.4. The molecule has 0 saturated heterocycles. The van der Waals surface area contributed by atoms with Gasteiger partial charge in [-0.3, -0.25) is 14.9 Å². The van der Waals surface area contributed by atoms with Gasteiger partial charge in [0.1, 0.15) is 17.4 Å². The molecule has 0 atom stereocenters. The van der Waals surface area contributed by atoms with Crippen molar-refractivity contribution in [2.24, 2.45) is 0 Å². The number of ether oxygens (including phenoxy) is 1. The van der Waals surface area contributed by atoms with Crippen LogP contribution in [-0.2, 0) is 4.79 Å². The minimum Gasteiger partial charge on any atom is -0.484 e. The van der Waals surface area contributed by atoms with E-state index >= 15 is 0 Å². The molecule has 2 heterocycles. The number of nitrogens with zero attached hydrogens (tertiary/aromatic N) is 5. The molecular weight excluding hydrogens is 352 g/mol. The third-order valence-electron chi connectivity index (χ3n) is 3.43. The Labute approximate surface area is 152 Å². The third kappa shape index (κ3) is 4.05. The lowest BCUT2D eigenvalue weighted by atomic mass is 10.3. The van der Waals surface area contributed by atoms with Crippen LogP contribution < -0.4 is 10.1 Å². The van der Waals surface area contributed by atoms with E-state index in [1.807, 2.05) is 6.07 Å². The number of carbonyl (C=O) groups excluding carboxylic acids is 1. The molecule has 10 nitrogen and oxygen atoms in total. The van der Waals surface area contributed by atoms with E-state index in [1.165, 1.54) is 35.1 Å². The van der Waals surface area contributed by atoms with Gasteiger partial charge in [0.15, 0.2) is 18.2 Å². The summed E-state index contributed by atoms with van der Waals surface area (Å²) < 4.78 is 6.64. The lowest BCUT2D eigenvalue weighted by Crippen LogP contribution is -2.22. The molecule has 0 unspecified atom stereocenters. The number of aromatic nitrogens is 3. The summed E-state index contributed by atoms with van der Waals surface area (Å²) >= 11 is 0. The van der Waals surface area contributed by atoms with Crippen LogP contribution in [-0.4, -0.2) is 32.2 Å². The number of nitro benzene ring substituents is 1. The maximum atomic E-state index is 12.2. The number of nitro groups is 1. The first-order chi connectivity index (χ1) is 13.1. The monoisotopic (exact) mass is 364 g/mol. The summed E-state index contributed by atoms with van der Waals surface area (Å²) in [6, 6.07) is 12.4. The summed E-state index contributed by atoms with van der Waals surface area (Å²) in [5, 5.41) is 26.5. The number of carbonyl (C=O) groups is 1. The number of benzene rings is 1. The van der Waals surface area contributed by atoms with Gasteiger partial charge >= 0.3 is 0 Å². The number of nitrogens with one attached hydrogen (secondary N) is 1. The predicted molar refractivity (Wildman–Crippen MR) is 93.3 cm³/mol. The molecule has 2 aromatic heterocycles. The van der Waals surface area contributed by atoms with Crippen molar-refractivity contribution < 1.29 is 14.5 Å². The second-order valence-electron chi connectivity index (χ2n) is 5.21. The van der Waals surface area contributed by atoms with Gasteiger partial charge in [-0.25, -0.2) is 4.98 Å². The summed E-state index contributed by atoms with van der Waals surface area (Å²) in [6.07, 6.45) is 2.88. The number of hydrogen-bond donors (Lipinski definition) is 1. The minimum absolute atomic E-state index is 0.0790. The van der Waals surface area contributed by atoms with E-state index in [4.69, 9.17) is 4.74 Å². The molecule has 3 rings (SSSR count). The first-order valence-electron chi connectivity index (χ1n) is 7.65. The molecule has 0 radical (unpaired) electrons. The van der Waals surface area contributed by atoms with Gasteiger partial charge in [-0.1, -0.05) is 6.07 Å². The van der Waals surface area contributed by atoms with E-state index in [9.17, 15) is 20.2 Å². The SMILES string of the molecule is N#Cc1cnn(-c2ccccn2)c1NC(=O)COc1ccc([N+](=O)[O-])cc1. The number of rotatable bonds is 6. The molecule has 0 saturated carbocycles. The zero-order chi connectivity index (χ0) is 19.2. The van der Waals surface area contributed by atoms with E-state index in [2.05, 4.69) is 15.4 Å². The fraction of sp³-hybridized carbons (Fsp3) is 0.0588. The quantitative estimate of drug-likeness (QED) is 0.522. The normalized spacial score (nSPS) is 10.0. The van der Waals surface area contributed by atoms with Gasteiger partial charge in [0.05, 0.1) is 11.1 Å². The average molecular weight is 364 g/mol. The van der Waals surface area contributed by atoms with Crippen molar-refractivity contribution in [3.05, 3.63) is 70.5 Å². The molecule has 0 fully saturated rings. The van der Waals surface area contributed by atoms with E-state index in [0.29, 0.717) is 11.6 Å². The van der Waals surface area contributed by atoms with Crippen LogP contribution in [0.3, 0.4) is 0 Å². The topological polar surface area (TPSA) is 136 Å². The molecule has 134 valence electrons. The Morgan fingerprint density at radius 1 is 1.30 bits per heavy atom. The summed E-state index contributed by atoms with van der Waals surface area (Å²) in [7, 11) is 0. The molecule has 27 heavy (non-hydrogen) atoms. The molecule has 0 aliphatic carbocycles. The molecular formula is C17H12N6O4. The van der Waals surface area contributed by atoms with Gasteiger partial charge in [-0.05, 0) is 24.3 Å². The van der Waals surface area contributed by atoms with Crippen molar-refractivity contribution in [1.82, 2.24) is 14.8 Å². The number of nitriles is 1. The van der Waals surface area contributed by atoms with Crippen molar-refractivity contribution in [3.63, 3.8) is 0 Å². The third-order valence-corrected chi connectivity index (χ3v) is 3.43. The molecule has 0 bridgehead atoms. The molecule has 1 amide bonds. The fourth-order valence-electron chi connectivity index (χ4n) is 2.18. The first-order valence-corrected chi connectivity index (χ1v) is 7.65. The fourth-order valence-corrected chi connectivity index (χ4v) is 2.18.